The Morgan fingerprint density at radius 3 is 2.96 bits per heavy atom. The average Bonchev–Trinajstić information content (AvgIpc) is 3.03. The van der Waals surface area contributed by atoms with Crippen molar-refractivity contribution in [2.45, 2.75) is 31.7 Å². The van der Waals surface area contributed by atoms with Crippen LogP contribution in [0.25, 0.3) is 11.2 Å². The number of amides is 1. The molecule has 1 amide bonds. The van der Waals surface area contributed by atoms with Crippen molar-refractivity contribution in [1.82, 2.24) is 19.4 Å². The van der Waals surface area contributed by atoms with Crippen molar-refractivity contribution in [1.29, 1.82) is 0 Å². The van der Waals surface area contributed by atoms with Gasteiger partial charge in [-0.2, -0.15) is 0 Å². The summed E-state index contributed by atoms with van der Waals surface area (Å²) in [6, 6.07) is 10.6. The normalized spacial score (nSPS) is 17.3. The highest BCUT2D eigenvalue weighted by Crippen LogP contribution is 2.24. The lowest BCUT2D eigenvalue weighted by molar-refractivity contribution is -0.132. The zero-order valence-corrected chi connectivity index (χ0v) is 15.0. The number of piperidine rings is 1. The number of nitrogens with one attached hydrogen (secondary N) is 1. The van der Waals surface area contributed by atoms with Crippen molar-refractivity contribution in [2.75, 3.05) is 13.1 Å². The Hall–Kier alpha value is -3.09. The third-order valence-electron chi connectivity index (χ3n) is 5.19. The molecule has 1 unspecified atom stereocenters. The molecule has 0 aliphatic carbocycles. The van der Waals surface area contributed by atoms with Crippen molar-refractivity contribution in [2.24, 2.45) is 0 Å². The summed E-state index contributed by atoms with van der Waals surface area (Å²) in [5.74, 6) is 0.266. The molecule has 2 aromatic heterocycles. The third-order valence-corrected chi connectivity index (χ3v) is 5.19. The zero-order valence-electron chi connectivity index (χ0n) is 15.0. The minimum absolute atomic E-state index is 0.0452. The number of carbonyl (C=O) groups is 1. The highest BCUT2D eigenvalue weighted by Gasteiger charge is 2.27. The summed E-state index contributed by atoms with van der Waals surface area (Å²) in [4.78, 5) is 34.1. The predicted octanol–water partition coefficient (Wildman–Crippen LogP) is 2.23. The summed E-state index contributed by atoms with van der Waals surface area (Å²) >= 11 is 0. The van der Waals surface area contributed by atoms with Crippen LogP contribution in [0.3, 0.4) is 0 Å². The minimum atomic E-state index is -0.183. The van der Waals surface area contributed by atoms with Gasteiger partial charge in [0, 0.05) is 25.7 Å². The number of phenolic OH excluding ortho intramolecular Hbond substituents is 1. The van der Waals surface area contributed by atoms with Crippen molar-refractivity contribution in [3.05, 3.63) is 58.6 Å². The monoisotopic (exact) mass is 366 g/mol. The fourth-order valence-electron chi connectivity index (χ4n) is 3.81. The number of aromatic amines is 1. The van der Waals surface area contributed by atoms with Crippen molar-refractivity contribution in [3.63, 3.8) is 0 Å². The maximum Gasteiger partial charge on any atom is 0.327 e. The number of rotatable bonds is 4. The number of likely N-dealkylation sites (tertiary alicyclic amines) is 1. The van der Waals surface area contributed by atoms with E-state index in [1.807, 2.05) is 23.1 Å². The molecular weight excluding hydrogens is 344 g/mol. The number of carbonyl (C=O) groups excluding carboxylic acids is 1. The average molecular weight is 366 g/mol. The molecule has 1 atom stereocenters. The van der Waals surface area contributed by atoms with E-state index in [1.54, 1.807) is 29.0 Å². The smallest absolute Gasteiger partial charge is 0.327 e. The number of H-pyrrole nitrogens is 1. The summed E-state index contributed by atoms with van der Waals surface area (Å²) in [6.45, 7) is 1.20. The Balaban J connectivity index is 1.48. The lowest BCUT2D eigenvalue weighted by Crippen LogP contribution is -2.42. The van der Waals surface area contributed by atoms with Gasteiger partial charge in [-0.25, -0.2) is 9.78 Å². The lowest BCUT2D eigenvalue weighted by atomic mass is 10.0. The zero-order chi connectivity index (χ0) is 18.8. The number of aromatic hydroxyl groups is 1. The van der Waals surface area contributed by atoms with E-state index in [0.717, 1.165) is 18.4 Å². The van der Waals surface area contributed by atoms with Crippen LogP contribution in [0.4, 0.5) is 0 Å². The first-order chi connectivity index (χ1) is 13.1. The molecule has 1 fully saturated rings. The van der Waals surface area contributed by atoms with Gasteiger partial charge in [0.15, 0.2) is 5.65 Å². The number of benzene rings is 1. The quantitative estimate of drug-likeness (QED) is 0.741. The van der Waals surface area contributed by atoms with Gasteiger partial charge in [-0.15, -0.1) is 0 Å². The largest absolute Gasteiger partial charge is 0.508 e. The maximum atomic E-state index is 12.7. The molecule has 7 heteroatoms. The molecule has 1 saturated heterocycles. The van der Waals surface area contributed by atoms with Crippen LogP contribution in [0.1, 0.15) is 30.9 Å². The number of pyridine rings is 1. The summed E-state index contributed by atoms with van der Waals surface area (Å²) in [5.41, 5.74) is 1.94. The molecule has 140 valence electrons. The Kier molecular flexibility index (Phi) is 4.66. The van der Waals surface area contributed by atoms with E-state index in [4.69, 9.17) is 0 Å². The second-order valence-electron chi connectivity index (χ2n) is 6.94. The third kappa shape index (κ3) is 3.45. The van der Waals surface area contributed by atoms with Crippen molar-refractivity contribution in [3.8, 4) is 5.75 Å². The summed E-state index contributed by atoms with van der Waals surface area (Å²) in [7, 11) is 0. The van der Waals surface area contributed by atoms with Crippen LogP contribution in [0.15, 0.2) is 47.4 Å². The number of aromatic nitrogens is 3. The fraction of sp³-hybridized carbons (Fsp3) is 0.350. The molecule has 4 rings (SSSR count). The van der Waals surface area contributed by atoms with E-state index in [0.29, 0.717) is 37.1 Å². The van der Waals surface area contributed by atoms with Crippen molar-refractivity contribution >= 4 is 17.1 Å². The number of aryl methyl sites for hydroxylation is 1. The van der Waals surface area contributed by atoms with E-state index in [2.05, 4.69) is 9.97 Å². The molecule has 1 aliphatic heterocycles. The van der Waals surface area contributed by atoms with Crippen LogP contribution in [0.2, 0.25) is 0 Å². The van der Waals surface area contributed by atoms with E-state index in [9.17, 15) is 14.7 Å². The topological polar surface area (TPSA) is 91.2 Å². The van der Waals surface area contributed by atoms with E-state index in [1.165, 1.54) is 0 Å². The van der Waals surface area contributed by atoms with Gasteiger partial charge in [0.05, 0.1) is 11.6 Å². The molecule has 1 aromatic carbocycles. The molecule has 2 N–H and O–H groups in total. The summed E-state index contributed by atoms with van der Waals surface area (Å²) < 4.78 is 1.68. The number of fused-ring (bicyclic) bond motifs is 1. The van der Waals surface area contributed by atoms with Crippen LogP contribution in [0, 0.1) is 0 Å². The highest BCUT2D eigenvalue weighted by molar-refractivity contribution is 5.77. The molecule has 0 bridgehead atoms. The molecule has 0 spiro atoms. The standard InChI is InChI=1S/C20H22N4O3/c25-17-8-2-1-5-14(17)9-10-18(26)23-12-4-6-15(13-23)24-19-16(22-20(24)27)7-3-11-21-19/h1-3,5,7-8,11,15,25H,4,6,9-10,12-13H2,(H,22,27). The Morgan fingerprint density at radius 1 is 1.26 bits per heavy atom. The highest BCUT2D eigenvalue weighted by atomic mass is 16.3. The number of para-hydroxylation sites is 1. The van der Waals surface area contributed by atoms with E-state index < -0.39 is 0 Å². The van der Waals surface area contributed by atoms with Gasteiger partial charge in [-0.3, -0.25) is 9.36 Å². The Labute approximate surface area is 156 Å². The first-order valence-electron chi connectivity index (χ1n) is 9.23. The summed E-state index contributed by atoms with van der Waals surface area (Å²) in [6.07, 6.45) is 4.20. The molecule has 27 heavy (non-hydrogen) atoms. The SMILES string of the molecule is O=C(CCc1ccccc1O)N1CCCC(n2c(=O)[nH]c3cccnc32)C1. The number of nitrogens with zero attached hydrogens (tertiary/aromatic N) is 3. The van der Waals surface area contributed by atoms with Gasteiger partial charge in [0.25, 0.3) is 0 Å². The predicted molar refractivity (Wildman–Crippen MR) is 102 cm³/mol. The van der Waals surface area contributed by atoms with Gasteiger partial charge >= 0.3 is 5.69 Å². The summed E-state index contributed by atoms with van der Waals surface area (Å²) in [5, 5.41) is 9.86. The second kappa shape index (κ2) is 7.26. The number of hydrogen-bond donors (Lipinski definition) is 2. The molecule has 3 aromatic rings. The number of phenols is 1. The van der Waals surface area contributed by atoms with Crippen LogP contribution in [0.5, 0.6) is 5.75 Å². The second-order valence-corrected chi connectivity index (χ2v) is 6.94. The van der Waals surface area contributed by atoms with Gasteiger partial charge in [0.1, 0.15) is 5.75 Å². The van der Waals surface area contributed by atoms with Crippen LogP contribution >= 0.6 is 0 Å². The van der Waals surface area contributed by atoms with E-state index >= 15 is 0 Å². The molecule has 7 nitrogen and oxygen atoms in total. The van der Waals surface area contributed by atoms with Gasteiger partial charge in [0.2, 0.25) is 5.91 Å². The Bertz CT molecular complexity index is 1020. The maximum absolute atomic E-state index is 12.7. The first kappa shape index (κ1) is 17.3. The van der Waals surface area contributed by atoms with Crippen LogP contribution in [-0.2, 0) is 11.2 Å². The van der Waals surface area contributed by atoms with Crippen molar-refractivity contribution < 1.29 is 9.90 Å². The van der Waals surface area contributed by atoms with Crippen LogP contribution in [-0.4, -0.2) is 43.5 Å². The first-order valence-corrected chi connectivity index (χ1v) is 9.23. The fourth-order valence-corrected chi connectivity index (χ4v) is 3.81. The number of hydrogen-bond acceptors (Lipinski definition) is 4. The van der Waals surface area contributed by atoms with Gasteiger partial charge < -0.3 is 15.0 Å². The lowest BCUT2D eigenvalue weighted by Gasteiger charge is -2.33. The van der Waals surface area contributed by atoms with Gasteiger partial charge in [-0.1, -0.05) is 18.2 Å². The molecule has 1 aliphatic rings. The van der Waals surface area contributed by atoms with Crippen LogP contribution < -0.4 is 5.69 Å². The molecular formula is C20H22N4O3. The molecule has 3 heterocycles. The molecule has 0 radical (unpaired) electrons. The van der Waals surface area contributed by atoms with E-state index in [-0.39, 0.29) is 23.4 Å². The molecule has 0 saturated carbocycles. The minimum Gasteiger partial charge on any atom is -0.508 e. The number of imidazole rings is 1. The Morgan fingerprint density at radius 2 is 2.11 bits per heavy atom. The van der Waals surface area contributed by atoms with Gasteiger partial charge in [-0.05, 0) is 43.0 Å².